The van der Waals surface area contributed by atoms with E-state index in [1.807, 2.05) is 29.6 Å². The second kappa shape index (κ2) is 6.98. The van der Waals surface area contributed by atoms with E-state index in [0.717, 1.165) is 47.2 Å². The van der Waals surface area contributed by atoms with Crippen molar-refractivity contribution in [3.8, 4) is 16.9 Å². The van der Waals surface area contributed by atoms with Crippen LogP contribution >= 0.6 is 11.3 Å². The minimum absolute atomic E-state index is 0.0518. The molecule has 4 rings (SSSR count). The van der Waals surface area contributed by atoms with E-state index in [4.69, 9.17) is 9.72 Å². The Morgan fingerprint density at radius 3 is 2.68 bits per heavy atom. The minimum atomic E-state index is -0.0518. The summed E-state index contributed by atoms with van der Waals surface area (Å²) in [4.78, 5) is 23.6. The van der Waals surface area contributed by atoms with E-state index < -0.39 is 0 Å². The van der Waals surface area contributed by atoms with Gasteiger partial charge in [-0.15, -0.1) is 11.3 Å². The first-order valence-electron chi connectivity index (χ1n) is 8.62. The van der Waals surface area contributed by atoms with Gasteiger partial charge in [-0.3, -0.25) is 9.69 Å². The van der Waals surface area contributed by atoms with Gasteiger partial charge in [-0.25, -0.2) is 4.98 Å². The van der Waals surface area contributed by atoms with Gasteiger partial charge in [0.25, 0.3) is 5.56 Å². The number of benzene rings is 1. The molecule has 1 fully saturated rings. The van der Waals surface area contributed by atoms with Crippen LogP contribution in [-0.2, 0) is 6.54 Å². The number of methoxy groups -OCH3 is 1. The van der Waals surface area contributed by atoms with E-state index >= 15 is 0 Å². The van der Waals surface area contributed by atoms with Gasteiger partial charge in [0.2, 0.25) is 0 Å². The maximum atomic E-state index is 12.7. The average Bonchev–Trinajstić information content (AvgIpc) is 3.07. The number of rotatable bonds is 4. The number of nitrogens with one attached hydrogen (secondary N) is 1. The van der Waals surface area contributed by atoms with Crippen molar-refractivity contribution in [3.05, 3.63) is 45.8 Å². The molecule has 0 radical (unpaired) electrons. The van der Waals surface area contributed by atoms with Gasteiger partial charge >= 0.3 is 0 Å². The van der Waals surface area contributed by atoms with Crippen LogP contribution in [0.2, 0.25) is 0 Å². The highest BCUT2D eigenvalue weighted by Crippen LogP contribution is 2.31. The molecule has 0 saturated carbocycles. The van der Waals surface area contributed by atoms with E-state index in [2.05, 4.69) is 9.88 Å². The van der Waals surface area contributed by atoms with Crippen LogP contribution in [-0.4, -0.2) is 35.1 Å². The number of piperidine rings is 1. The maximum absolute atomic E-state index is 12.7. The summed E-state index contributed by atoms with van der Waals surface area (Å²) in [5.41, 5.74) is 1.88. The van der Waals surface area contributed by atoms with E-state index in [9.17, 15) is 4.79 Å². The lowest BCUT2D eigenvalue weighted by atomic mass is 10.1. The van der Waals surface area contributed by atoms with E-state index in [-0.39, 0.29) is 5.56 Å². The molecular formula is C19H21N3O2S. The quantitative estimate of drug-likeness (QED) is 0.776. The lowest BCUT2D eigenvalue weighted by molar-refractivity contribution is 0.216. The number of nitrogens with zero attached hydrogens (tertiary/aromatic N) is 2. The zero-order chi connectivity index (χ0) is 17.2. The first kappa shape index (κ1) is 16.3. The van der Waals surface area contributed by atoms with Crippen LogP contribution in [0.15, 0.2) is 34.4 Å². The molecule has 1 aliphatic heterocycles. The molecule has 6 heteroatoms. The molecular weight excluding hydrogens is 334 g/mol. The minimum Gasteiger partial charge on any atom is -0.497 e. The van der Waals surface area contributed by atoms with Crippen LogP contribution in [0.25, 0.3) is 21.3 Å². The molecule has 0 unspecified atom stereocenters. The summed E-state index contributed by atoms with van der Waals surface area (Å²) >= 11 is 1.53. The molecule has 0 atom stereocenters. The maximum Gasteiger partial charge on any atom is 0.260 e. The first-order chi connectivity index (χ1) is 12.2. The molecule has 0 amide bonds. The SMILES string of the molecule is COc1ccc(-c2csc3nc(CN4CCCCC4)[nH]c(=O)c23)cc1. The second-order valence-corrected chi connectivity index (χ2v) is 7.27. The molecule has 5 nitrogen and oxygen atoms in total. The van der Waals surface area contributed by atoms with Crippen molar-refractivity contribution < 1.29 is 4.74 Å². The number of hydrogen-bond acceptors (Lipinski definition) is 5. The number of aromatic nitrogens is 2. The van der Waals surface area contributed by atoms with Crippen molar-refractivity contribution in [2.24, 2.45) is 0 Å². The zero-order valence-electron chi connectivity index (χ0n) is 14.2. The van der Waals surface area contributed by atoms with Crippen LogP contribution in [0.3, 0.4) is 0 Å². The number of thiophene rings is 1. The van der Waals surface area contributed by atoms with E-state index in [1.54, 1.807) is 7.11 Å². The molecule has 25 heavy (non-hydrogen) atoms. The molecule has 1 aliphatic rings. The second-order valence-electron chi connectivity index (χ2n) is 6.41. The smallest absolute Gasteiger partial charge is 0.260 e. The third kappa shape index (κ3) is 3.32. The van der Waals surface area contributed by atoms with Crippen molar-refractivity contribution in [1.29, 1.82) is 0 Å². The Balaban J connectivity index is 1.67. The molecule has 0 aliphatic carbocycles. The third-order valence-corrected chi connectivity index (χ3v) is 5.59. The van der Waals surface area contributed by atoms with Crippen molar-refractivity contribution in [1.82, 2.24) is 14.9 Å². The largest absolute Gasteiger partial charge is 0.497 e. The van der Waals surface area contributed by atoms with Gasteiger partial charge in [0.05, 0.1) is 19.0 Å². The van der Waals surface area contributed by atoms with Crippen molar-refractivity contribution in [2.75, 3.05) is 20.2 Å². The molecule has 1 aromatic carbocycles. The lowest BCUT2D eigenvalue weighted by Gasteiger charge is -2.25. The van der Waals surface area contributed by atoms with Gasteiger partial charge in [-0.1, -0.05) is 18.6 Å². The first-order valence-corrected chi connectivity index (χ1v) is 9.50. The van der Waals surface area contributed by atoms with Crippen LogP contribution in [0.4, 0.5) is 0 Å². The predicted molar refractivity (Wildman–Crippen MR) is 101 cm³/mol. The summed E-state index contributed by atoms with van der Waals surface area (Å²) in [6.07, 6.45) is 3.76. The fourth-order valence-electron chi connectivity index (χ4n) is 3.38. The Hall–Kier alpha value is -2.18. The topological polar surface area (TPSA) is 58.2 Å². The fraction of sp³-hybridized carbons (Fsp3) is 0.368. The highest BCUT2D eigenvalue weighted by atomic mass is 32.1. The van der Waals surface area contributed by atoms with E-state index in [0.29, 0.717) is 5.39 Å². The molecule has 1 saturated heterocycles. The Labute approximate surface area is 150 Å². The van der Waals surface area contributed by atoms with Crippen LogP contribution in [0.5, 0.6) is 5.75 Å². The van der Waals surface area contributed by atoms with Gasteiger partial charge in [-0.05, 0) is 43.6 Å². The Morgan fingerprint density at radius 2 is 1.96 bits per heavy atom. The van der Waals surface area contributed by atoms with Gasteiger partial charge in [0.15, 0.2) is 0 Å². The summed E-state index contributed by atoms with van der Waals surface area (Å²) in [7, 11) is 1.65. The van der Waals surface area contributed by atoms with Crippen molar-refractivity contribution >= 4 is 21.6 Å². The molecule has 0 spiro atoms. The Kier molecular flexibility index (Phi) is 4.55. The number of fused-ring (bicyclic) bond motifs is 1. The van der Waals surface area contributed by atoms with Crippen LogP contribution in [0, 0.1) is 0 Å². The summed E-state index contributed by atoms with van der Waals surface area (Å²) in [5.74, 6) is 1.57. The average molecular weight is 355 g/mol. The molecule has 130 valence electrons. The molecule has 3 aromatic rings. The van der Waals surface area contributed by atoms with Gasteiger partial charge < -0.3 is 9.72 Å². The molecule has 1 N–H and O–H groups in total. The number of aromatic amines is 1. The summed E-state index contributed by atoms with van der Waals surface area (Å²) in [6.45, 7) is 2.90. The summed E-state index contributed by atoms with van der Waals surface area (Å²) < 4.78 is 5.20. The molecule has 3 heterocycles. The van der Waals surface area contributed by atoms with Gasteiger partial charge in [0, 0.05) is 10.9 Å². The monoisotopic (exact) mass is 355 g/mol. The van der Waals surface area contributed by atoms with Gasteiger partial charge in [-0.2, -0.15) is 0 Å². The Bertz CT molecular complexity index is 924. The van der Waals surface area contributed by atoms with Crippen molar-refractivity contribution in [3.63, 3.8) is 0 Å². The highest BCUT2D eigenvalue weighted by Gasteiger charge is 2.16. The Morgan fingerprint density at radius 1 is 1.20 bits per heavy atom. The summed E-state index contributed by atoms with van der Waals surface area (Å²) in [5, 5.41) is 2.69. The van der Waals surface area contributed by atoms with Gasteiger partial charge in [0.1, 0.15) is 16.4 Å². The van der Waals surface area contributed by atoms with Crippen molar-refractivity contribution in [2.45, 2.75) is 25.8 Å². The zero-order valence-corrected chi connectivity index (χ0v) is 15.1. The van der Waals surface area contributed by atoms with Crippen LogP contribution < -0.4 is 10.3 Å². The normalized spacial score (nSPS) is 15.6. The third-order valence-electron chi connectivity index (χ3n) is 4.72. The number of ether oxygens (including phenoxy) is 1. The number of hydrogen-bond donors (Lipinski definition) is 1. The highest BCUT2D eigenvalue weighted by molar-refractivity contribution is 7.17. The number of likely N-dealkylation sites (tertiary alicyclic amines) is 1. The fourth-order valence-corrected chi connectivity index (χ4v) is 4.35. The molecule has 0 bridgehead atoms. The standard InChI is InChI=1S/C19H21N3O2S/c1-24-14-7-5-13(6-8-14)15-12-25-19-17(15)18(23)20-16(21-19)11-22-9-3-2-4-10-22/h5-8,12H,2-4,9-11H2,1H3,(H,20,21,23). The van der Waals surface area contributed by atoms with Crippen LogP contribution in [0.1, 0.15) is 25.1 Å². The lowest BCUT2D eigenvalue weighted by Crippen LogP contribution is -2.30. The molecule has 2 aromatic heterocycles. The summed E-state index contributed by atoms with van der Waals surface area (Å²) in [6, 6.07) is 7.76. The number of H-pyrrole nitrogens is 1. The van der Waals surface area contributed by atoms with E-state index in [1.165, 1.54) is 30.6 Å². The predicted octanol–water partition coefficient (Wildman–Crippen LogP) is 3.65.